The minimum Gasteiger partial charge on any atom is -0.285 e. The van der Waals surface area contributed by atoms with Crippen molar-refractivity contribution in [3.8, 4) is 5.82 Å². The molecule has 0 unspecified atom stereocenters. The molecule has 3 rings (SSSR count). The molecule has 0 radical (unpaired) electrons. The Balaban J connectivity index is 2.30. The third-order valence-corrected chi connectivity index (χ3v) is 3.12. The lowest BCUT2D eigenvalue weighted by Crippen LogP contribution is -1.95. The number of hydrogen-bond acceptors (Lipinski definition) is 2. The summed E-state index contributed by atoms with van der Waals surface area (Å²) in [6.45, 7) is 0. The van der Waals surface area contributed by atoms with Gasteiger partial charge in [-0.1, -0.05) is 6.07 Å². The first kappa shape index (κ1) is 9.54. The van der Waals surface area contributed by atoms with Crippen molar-refractivity contribution in [1.29, 1.82) is 0 Å². The summed E-state index contributed by atoms with van der Waals surface area (Å²) in [5.41, 5.74) is 0.910. The van der Waals surface area contributed by atoms with Crippen molar-refractivity contribution in [2.75, 3.05) is 0 Å². The first-order valence-electron chi connectivity index (χ1n) is 4.89. The van der Waals surface area contributed by atoms with E-state index in [0.717, 1.165) is 21.3 Å². The summed E-state index contributed by atoms with van der Waals surface area (Å²) in [6, 6.07) is 9.79. The van der Waals surface area contributed by atoms with Gasteiger partial charge in [0.05, 0.1) is 0 Å². The van der Waals surface area contributed by atoms with Crippen LogP contribution in [-0.2, 0) is 0 Å². The van der Waals surface area contributed by atoms with Gasteiger partial charge in [-0.3, -0.25) is 4.57 Å². The summed E-state index contributed by atoms with van der Waals surface area (Å²) < 4.78 is 3.02. The molecule has 0 aromatic carbocycles. The van der Waals surface area contributed by atoms with E-state index in [1.54, 1.807) is 12.4 Å². The Hall–Kier alpha value is -1.68. The molecular weight excluding hydrogens is 266 g/mol. The van der Waals surface area contributed by atoms with Crippen LogP contribution in [0.3, 0.4) is 0 Å². The number of halogens is 1. The van der Waals surface area contributed by atoms with Gasteiger partial charge in [0.25, 0.3) is 0 Å². The maximum absolute atomic E-state index is 4.37. The second kappa shape index (κ2) is 3.72. The van der Waals surface area contributed by atoms with E-state index >= 15 is 0 Å². The van der Waals surface area contributed by atoms with Crippen molar-refractivity contribution in [2.24, 2.45) is 0 Å². The fraction of sp³-hybridized carbons (Fsp3) is 0. The van der Waals surface area contributed by atoms with Crippen molar-refractivity contribution in [1.82, 2.24) is 14.5 Å². The lowest BCUT2D eigenvalue weighted by molar-refractivity contribution is 1.02. The second-order valence-electron chi connectivity index (χ2n) is 3.40. The number of rotatable bonds is 1. The molecule has 3 aromatic rings. The van der Waals surface area contributed by atoms with Crippen molar-refractivity contribution in [3.63, 3.8) is 0 Å². The highest BCUT2D eigenvalue weighted by atomic mass is 79.9. The van der Waals surface area contributed by atoms with Gasteiger partial charge in [0, 0.05) is 28.4 Å². The minimum atomic E-state index is 0.878. The van der Waals surface area contributed by atoms with Crippen molar-refractivity contribution in [3.05, 3.63) is 53.4 Å². The average molecular weight is 274 g/mol. The molecule has 0 bridgehead atoms. The molecule has 0 N–H and O–H groups in total. The first-order chi connectivity index (χ1) is 7.86. The normalized spacial score (nSPS) is 10.8. The van der Waals surface area contributed by atoms with Crippen LogP contribution >= 0.6 is 15.9 Å². The topological polar surface area (TPSA) is 30.7 Å². The third kappa shape index (κ3) is 1.42. The zero-order chi connectivity index (χ0) is 11.0. The number of fused-ring (bicyclic) bond motifs is 1. The Labute approximate surface area is 101 Å². The van der Waals surface area contributed by atoms with Crippen LogP contribution in [0.15, 0.2) is 53.4 Å². The quantitative estimate of drug-likeness (QED) is 0.682. The van der Waals surface area contributed by atoms with Crippen molar-refractivity contribution < 1.29 is 0 Å². The zero-order valence-corrected chi connectivity index (χ0v) is 9.92. The van der Waals surface area contributed by atoms with E-state index in [-0.39, 0.29) is 0 Å². The van der Waals surface area contributed by atoms with E-state index in [0.29, 0.717) is 0 Å². The molecule has 0 aliphatic rings. The van der Waals surface area contributed by atoms with Crippen LogP contribution in [0.4, 0.5) is 0 Å². The highest BCUT2D eigenvalue weighted by Crippen LogP contribution is 2.24. The Morgan fingerprint density at radius 3 is 2.75 bits per heavy atom. The van der Waals surface area contributed by atoms with E-state index in [2.05, 4.69) is 25.9 Å². The molecule has 3 aromatic heterocycles. The SMILES string of the molecule is Brc1ccnc2c1ccn2-c1ccccn1. The predicted octanol–water partition coefficient (Wildman–Crippen LogP) is 3.18. The standard InChI is InChI=1S/C12H8BrN3/c13-10-4-7-15-12-9(10)5-8-16(12)11-3-1-2-6-14-11/h1-8H. The molecule has 0 aliphatic heterocycles. The molecule has 4 heteroatoms. The van der Waals surface area contributed by atoms with Crippen molar-refractivity contribution in [2.45, 2.75) is 0 Å². The van der Waals surface area contributed by atoms with Gasteiger partial charge in [0.15, 0.2) is 0 Å². The van der Waals surface area contributed by atoms with Gasteiger partial charge in [-0.05, 0) is 40.2 Å². The summed E-state index contributed by atoms with van der Waals surface area (Å²) >= 11 is 3.51. The van der Waals surface area contributed by atoms with E-state index in [1.165, 1.54) is 0 Å². The maximum atomic E-state index is 4.37. The van der Waals surface area contributed by atoms with Gasteiger partial charge in [0.1, 0.15) is 11.5 Å². The molecular formula is C12H8BrN3. The van der Waals surface area contributed by atoms with Crippen LogP contribution < -0.4 is 0 Å². The largest absolute Gasteiger partial charge is 0.285 e. The van der Waals surface area contributed by atoms with E-state index in [9.17, 15) is 0 Å². The molecule has 3 heterocycles. The average Bonchev–Trinajstić information content (AvgIpc) is 2.75. The van der Waals surface area contributed by atoms with Gasteiger partial charge in [0.2, 0.25) is 0 Å². The fourth-order valence-electron chi connectivity index (χ4n) is 1.69. The molecule has 0 amide bonds. The highest BCUT2D eigenvalue weighted by molar-refractivity contribution is 9.10. The summed E-state index contributed by atoms with van der Waals surface area (Å²) in [5.74, 6) is 0.878. The summed E-state index contributed by atoms with van der Waals surface area (Å²) in [7, 11) is 0. The Bertz CT molecular complexity index is 631. The van der Waals surface area contributed by atoms with Crippen LogP contribution in [0.25, 0.3) is 16.9 Å². The van der Waals surface area contributed by atoms with Gasteiger partial charge in [-0.2, -0.15) is 0 Å². The number of nitrogens with zero attached hydrogens (tertiary/aromatic N) is 3. The molecule has 3 nitrogen and oxygen atoms in total. The van der Waals surface area contributed by atoms with Crippen LogP contribution in [0.1, 0.15) is 0 Å². The van der Waals surface area contributed by atoms with E-state index < -0.39 is 0 Å². The number of aromatic nitrogens is 3. The predicted molar refractivity (Wildman–Crippen MR) is 66.6 cm³/mol. The molecule has 0 saturated heterocycles. The molecule has 16 heavy (non-hydrogen) atoms. The third-order valence-electron chi connectivity index (χ3n) is 2.43. The monoisotopic (exact) mass is 273 g/mol. The van der Waals surface area contributed by atoms with E-state index in [4.69, 9.17) is 0 Å². The summed E-state index contributed by atoms with van der Waals surface area (Å²) in [6.07, 6.45) is 5.54. The lowest BCUT2D eigenvalue weighted by atomic mass is 10.3. The van der Waals surface area contributed by atoms with Crippen LogP contribution in [0.5, 0.6) is 0 Å². The van der Waals surface area contributed by atoms with E-state index in [1.807, 2.05) is 41.1 Å². The van der Waals surface area contributed by atoms with Crippen molar-refractivity contribution >= 4 is 27.0 Å². The molecule has 0 saturated carbocycles. The second-order valence-corrected chi connectivity index (χ2v) is 4.26. The lowest BCUT2D eigenvalue weighted by Gasteiger charge is -2.02. The summed E-state index contributed by atoms with van der Waals surface area (Å²) in [4.78, 5) is 8.68. The van der Waals surface area contributed by atoms with Crippen LogP contribution in [0, 0.1) is 0 Å². The summed E-state index contributed by atoms with van der Waals surface area (Å²) in [5, 5.41) is 1.09. The fourth-order valence-corrected chi connectivity index (χ4v) is 2.11. The number of hydrogen-bond donors (Lipinski definition) is 0. The molecule has 0 aliphatic carbocycles. The Morgan fingerprint density at radius 1 is 1.00 bits per heavy atom. The van der Waals surface area contributed by atoms with Gasteiger partial charge < -0.3 is 0 Å². The Morgan fingerprint density at radius 2 is 1.94 bits per heavy atom. The van der Waals surface area contributed by atoms with Crippen LogP contribution in [-0.4, -0.2) is 14.5 Å². The first-order valence-corrected chi connectivity index (χ1v) is 5.68. The maximum Gasteiger partial charge on any atom is 0.146 e. The zero-order valence-electron chi connectivity index (χ0n) is 8.34. The van der Waals surface area contributed by atoms with Gasteiger partial charge in [-0.15, -0.1) is 0 Å². The number of pyridine rings is 2. The Kier molecular flexibility index (Phi) is 2.22. The molecule has 78 valence electrons. The molecule has 0 atom stereocenters. The minimum absolute atomic E-state index is 0.878. The smallest absolute Gasteiger partial charge is 0.146 e. The van der Waals surface area contributed by atoms with Gasteiger partial charge in [-0.25, -0.2) is 9.97 Å². The van der Waals surface area contributed by atoms with Crippen LogP contribution in [0.2, 0.25) is 0 Å². The molecule has 0 spiro atoms. The highest BCUT2D eigenvalue weighted by Gasteiger charge is 2.06. The van der Waals surface area contributed by atoms with Gasteiger partial charge >= 0.3 is 0 Å². The molecule has 0 fully saturated rings.